The monoisotopic (exact) mass is 276 g/mol. The molecular formula is C15H20N2O3. The number of carbonyl (C=O) groups is 2. The van der Waals surface area contributed by atoms with E-state index in [1.165, 1.54) is 0 Å². The van der Waals surface area contributed by atoms with E-state index in [1.54, 1.807) is 0 Å². The van der Waals surface area contributed by atoms with Crippen LogP contribution in [0, 0.1) is 0 Å². The van der Waals surface area contributed by atoms with Gasteiger partial charge in [-0.25, -0.2) is 0 Å². The summed E-state index contributed by atoms with van der Waals surface area (Å²) in [5, 5.41) is 11.8. The number of nitrogens with two attached hydrogens (primary N) is 1. The number of carbonyl (C=O) groups excluding carboxylic acids is 1. The first kappa shape index (κ1) is 14.5. The Morgan fingerprint density at radius 1 is 1.30 bits per heavy atom. The third kappa shape index (κ3) is 3.57. The van der Waals surface area contributed by atoms with Crippen molar-refractivity contribution in [3.63, 3.8) is 0 Å². The fourth-order valence-corrected chi connectivity index (χ4v) is 2.55. The van der Waals surface area contributed by atoms with Crippen LogP contribution in [0.2, 0.25) is 0 Å². The van der Waals surface area contributed by atoms with Crippen LogP contribution in [0.4, 0.5) is 0 Å². The lowest BCUT2D eigenvalue weighted by molar-refractivity contribution is -0.140. The highest BCUT2D eigenvalue weighted by molar-refractivity contribution is 5.83. The van der Waals surface area contributed by atoms with Gasteiger partial charge in [0.15, 0.2) is 0 Å². The molecule has 0 radical (unpaired) electrons. The van der Waals surface area contributed by atoms with Crippen LogP contribution in [-0.4, -0.2) is 28.6 Å². The fourth-order valence-electron chi connectivity index (χ4n) is 2.55. The van der Waals surface area contributed by atoms with Crippen LogP contribution in [0.5, 0.6) is 0 Å². The maximum absolute atomic E-state index is 12.1. The molecule has 1 saturated carbocycles. The molecule has 2 rings (SSSR count). The summed E-state index contributed by atoms with van der Waals surface area (Å²) in [4.78, 5) is 23.0. The predicted molar refractivity (Wildman–Crippen MR) is 75.1 cm³/mol. The highest BCUT2D eigenvalue weighted by Crippen LogP contribution is 2.34. The predicted octanol–water partition coefficient (Wildman–Crippen LogP) is 1.07. The van der Waals surface area contributed by atoms with Gasteiger partial charge in [0.1, 0.15) is 0 Å². The van der Waals surface area contributed by atoms with Crippen molar-refractivity contribution in [3.05, 3.63) is 35.9 Å². The van der Waals surface area contributed by atoms with Crippen molar-refractivity contribution >= 4 is 11.9 Å². The third-order valence-electron chi connectivity index (χ3n) is 3.82. The minimum Gasteiger partial charge on any atom is -0.481 e. The highest BCUT2D eigenvalue weighted by Gasteiger charge is 2.41. The molecule has 1 aliphatic rings. The Kier molecular flexibility index (Phi) is 4.39. The molecule has 0 unspecified atom stereocenters. The number of aliphatic carboxylic acids is 1. The van der Waals surface area contributed by atoms with E-state index in [0.29, 0.717) is 19.3 Å². The van der Waals surface area contributed by atoms with Crippen LogP contribution in [-0.2, 0) is 16.0 Å². The van der Waals surface area contributed by atoms with Crippen molar-refractivity contribution in [1.29, 1.82) is 0 Å². The summed E-state index contributed by atoms with van der Waals surface area (Å²) < 4.78 is 0. The molecule has 5 heteroatoms. The van der Waals surface area contributed by atoms with Gasteiger partial charge in [-0.2, -0.15) is 0 Å². The Hall–Kier alpha value is -1.88. The van der Waals surface area contributed by atoms with Crippen molar-refractivity contribution in [2.24, 2.45) is 5.73 Å². The van der Waals surface area contributed by atoms with E-state index in [4.69, 9.17) is 10.8 Å². The first-order valence-corrected chi connectivity index (χ1v) is 6.84. The maximum atomic E-state index is 12.1. The zero-order chi connectivity index (χ0) is 14.6. The quantitative estimate of drug-likeness (QED) is 0.724. The molecule has 108 valence electrons. The Morgan fingerprint density at radius 2 is 1.95 bits per heavy atom. The van der Waals surface area contributed by atoms with Gasteiger partial charge in [-0.05, 0) is 31.2 Å². The molecule has 0 bridgehead atoms. The zero-order valence-electron chi connectivity index (χ0n) is 11.3. The first-order chi connectivity index (χ1) is 9.51. The van der Waals surface area contributed by atoms with E-state index in [-0.39, 0.29) is 12.3 Å². The largest absolute Gasteiger partial charge is 0.481 e. The second-order valence-corrected chi connectivity index (χ2v) is 5.49. The van der Waals surface area contributed by atoms with Crippen LogP contribution >= 0.6 is 0 Å². The van der Waals surface area contributed by atoms with Gasteiger partial charge in [-0.1, -0.05) is 30.3 Å². The van der Waals surface area contributed by atoms with Crippen LogP contribution in [0.25, 0.3) is 0 Å². The minimum atomic E-state index is -0.887. The van der Waals surface area contributed by atoms with E-state index in [9.17, 15) is 9.59 Å². The van der Waals surface area contributed by atoms with E-state index >= 15 is 0 Å². The topological polar surface area (TPSA) is 92.4 Å². The van der Waals surface area contributed by atoms with Crippen LogP contribution in [0.3, 0.4) is 0 Å². The minimum absolute atomic E-state index is 0.0310. The lowest BCUT2D eigenvalue weighted by Crippen LogP contribution is -2.58. The Bertz CT molecular complexity index is 483. The number of carboxylic acid groups (broad SMARTS) is 1. The molecule has 1 aromatic carbocycles. The molecule has 1 aromatic rings. The van der Waals surface area contributed by atoms with E-state index < -0.39 is 17.6 Å². The number of nitrogens with one attached hydrogen (secondary N) is 1. The SMILES string of the molecule is N[C@@H](Cc1ccccc1)C(=O)NC1(CC(=O)O)CCC1. The number of hydrogen-bond donors (Lipinski definition) is 3. The molecule has 20 heavy (non-hydrogen) atoms. The summed E-state index contributed by atoms with van der Waals surface area (Å²) >= 11 is 0. The molecule has 0 aliphatic heterocycles. The van der Waals surface area contributed by atoms with Gasteiger partial charge in [-0.15, -0.1) is 0 Å². The average Bonchev–Trinajstić information content (AvgIpc) is 2.36. The zero-order valence-corrected chi connectivity index (χ0v) is 11.3. The first-order valence-electron chi connectivity index (χ1n) is 6.84. The van der Waals surface area contributed by atoms with Gasteiger partial charge in [0.25, 0.3) is 0 Å². The van der Waals surface area contributed by atoms with Gasteiger partial charge < -0.3 is 16.2 Å². The second-order valence-electron chi connectivity index (χ2n) is 5.49. The summed E-state index contributed by atoms with van der Waals surface area (Å²) in [6, 6.07) is 8.90. The fraction of sp³-hybridized carbons (Fsp3) is 0.467. The number of hydrogen-bond acceptors (Lipinski definition) is 3. The second kappa shape index (κ2) is 6.05. The number of benzene rings is 1. The summed E-state index contributed by atoms with van der Waals surface area (Å²) in [6.07, 6.45) is 2.79. The van der Waals surface area contributed by atoms with Crippen LogP contribution in [0.1, 0.15) is 31.2 Å². The Morgan fingerprint density at radius 3 is 2.45 bits per heavy atom. The van der Waals surface area contributed by atoms with Gasteiger partial charge in [0.05, 0.1) is 18.0 Å². The summed E-state index contributed by atoms with van der Waals surface area (Å²) in [6.45, 7) is 0. The summed E-state index contributed by atoms with van der Waals surface area (Å²) in [5.41, 5.74) is 6.32. The molecule has 5 nitrogen and oxygen atoms in total. The van der Waals surface area contributed by atoms with Crippen molar-refractivity contribution in [2.75, 3.05) is 0 Å². The summed E-state index contributed by atoms with van der Waals surface area (Å²) in [5.74, 6) is -1.16. The van der Waals surface area contributed by atoms with Crippen LogP contribution in [0.15, 0.2) is 30.3 Å². The van der Waals surface area contributed by atoms with Crippen molar-refractivity contribution in [2.45, 2.75) is 43.7 Å². The molecule has 1 fully saturated rings. The molecule has 4 N–H and O–H groups in total. The average molecular weight is 276 g/mol. The number of amides is 1. The Labute approximate surface area is 118 Å². The van der Waals surface area contributed by atoms with Crippen LogP contribution < -0.4 is 11.1 Å². The van der Waals surface area contributed by atoms with Crippen molar-refractivity contribution in [1.82, 2.24) is 5.32 Å². The van der Waals surface area contributed by atoms with E-state index in [0.717, 1.165) is 12.0 Å². The van der Waals surface area contributed by atoms with Gasteiger partial charge in [0.2, 0.25) is 5.91 Å². The molecule has 0 heterocycles. The smallest absolute Gasteiger partial charge is 0.305 e. The van der Waals surface area contributed by atoms with Gasteiger partial charge in [-0.3, -0.25) is 9.59 Å². The highest BCUT2D eigenvalue weighted by atomic mass is 16.4. The molecule has 1 atom stereocenters. The number of rotatable bonds is 6. The van der Waals surface area contributed by atoms with Crippen molar-refractivity contribution < 1.29 is 14.7 Å². The normalized spacial score (nSPS) is 17.9. The van der Waals surface area contributed by atoms with E-state index in [2.05, 4.69) is 5.32 Å². The van der Waals surface area contributed by atoms with Gasteiger partial charge in [0, 0.05) is 0 Å². The standard InChI is InChI=1S/C15H20N2O3/c16-12(9-11-5-2-1-3-6-11)14(20)17-15(7-4-8-15)10-13(18)19/h1-3,5-6,12H,4,7-10,16H2,(H,17,20)(H,18,19)/t12-/m0/s1. The molecule has 0 saturated heterocycles. The lowest BCUT2D eigenvalue weighted by atomic mass is 9.74. The Balaban J connectivity index is 1.92. The molecule has 0 aromatic heterocycles. The molecule has 1 aliphatic carbocycles. The lowest BCUT2D eigenvalue weighted by Gasteiger charge is -2.42. The number of carboxylic acids is 1. The van der Waals surface area contributed by atoms with Crippen molar-refractivity contribution in [3.8, 4) is 0 Å². The van der Waals surface area contributed by atoms with Gasteiger partial charge >= 0.3 is 5.97 Å². The molecule has 1 amide bonds. The third-order valence-corrected chi connectivity index (χ3v) is 3.82. The van der Waals surface area contributed by atoms with E-state index in [1.807, 2.05) is 30.3 Å². The molecule has 0 spiro atoms. The summed E-state index contributed by atoms with van der Waals surface area (Å²) in [7, 11) is 0. The molecular weight excluding hydrogens is 256 g/mol. The maximum Gasteiger partial charge on any atom is 0.305 e.